The minimum absolute atomic E-state index is 0.104. The molecule has 23 heavy (non-hydrogen) atoms. The van der Waals surface area contributed by atoms with E-state index in [4.69, 9.17) is 4.74 Å². The van der Waals surface area contributed by atoms with Gasteiger partial charge in [0, 0.05) is 6.54 Å². The minimum atomic E-state index is -0.353. The van der Waals surface area contributed by atoms with Gasteiger partial charge in [-0.15, -0.1) is 0 Å². The van der Waals surface area contributed by atoms with E-state index in [0.717, 1.165) is 17.7 Å². The quantitative estimate of drug-likeness (QED) is 0.892. The maximum absolute atomic E-state index is 14.4. The van der Waals surface area contributed by atoms with Gasteiger partial charge in [-0.25, -0.2) is 4.39 Å². The van der Waals surface area contributed by atoms with Crippen LogP contribution in [0.15, 0.2) is 42.5 Å². The van der Waals surface area contributed by atoms with Crippen LogP contribution in [0.25, 0.3) is 0 Å². The molecule has 0 saturated carbocycles. The average molecular weight is 314 g/mol. The Hall–Kier alpha value is -2.24. The van der Waals surface area contributed by atoms with Crippen molar-refractivity contribution in [2.45, 2.75) is 19.6 Å². The maximum Gasteiger partial charge on any atom is 0.250 e. The Morgan fingerprint density at radius 1 is 1.22 bits per heavy atom. The average Bonchev–Trinajstić information content (AvgIpc) is 2.59. The second-order valence-corrected chi connectivity index (χ2v) is 5.52. The van der Waals surface area contributed by atoms with Crippen molar-refractivity contribution in [2.75, 3.05) is 18.5 Å². The molecule has 2 aromatic carbocycles. The van der Waals surface area contributed by atoms with Crippen LogP contribution < -0.4 is 10.6 Å². The molecule has 4 nitrogen and oxygen atoms in total. The van der Waals surface area contributed by atoms with E-state index >= 15 is 0 Å². The smallest absolute Gasteiger partial charge is 0.250 e. The molecule has 0 fully saturated rings. The first-order valence-electron chi connectivity index (χ1n) is 7.66. The molecule has 2 aromatic rings. The van der Waals surface area contributed by atoms with Gasteiger partial charge in [-0.1, -0.05) is 36.4 Å². The Labute approximate surface area is 134 Å². The Kier molecular flexibility index (Phi) is 5.00. The number of fused-ring (bicyclic) bond motifs is 1. The van der Waals surface area contributed by atoms with E-state index in [0.29, 0.717) is 25.1 Å². The van der Waals surface area contributed by atoms with E-state index < -0.39 is 0 Å². The highest BCUT2D eigenvalue weighted by Crippen LogP contribution is 2.24. The summed E-state index contributed by atoms with van der Waals surface area (Å²) < 4.78 is 19.8. The maximum atomic E-state index is 14.4. The zero-order valence-corrected chi connectivity index (χ0v) is 12.8. The van der Waals surface area contributed by atoms with Gasteiger partial charge in [0.05, 0.1) is 12.3 Å². The molecule has 1 heterocycles. The number of hydrogen-bond acceptors (Lipinski definition) is 3. The summed E-state index contributed by atoms with van der Waals surface area (Å²) in [6.45, 7) is 1.67. The van der Waals surface area contributed by atoms with Gasteiger partial charge < -0.3 is 15.4 Å². The molecule has 1 aliphatic heterocycles. The summed E-state index contributed by atoms with van der Waals surface area (Å²) in [6.07, 6.45) is 0.634. The van der Waals surface area contributed by atoms with Crippen molar-refractivity contribution in [3.63, 3.8) is 0 Å². The zero-order chi connectivity index (χ0) is 16.1. The van der Waals surface area contributed by atoms with Gasteiger partial charge in [-0.05, 0) is 35.7 Å². The van der Waals surface area contributed by atoms with Crippen LogP contribution in [0.3, 0.4) is 0 Å². The van der Waals surface area contributed by atoms with Crippen LogP contribution in [0, 0.1) is 5.82 Å². The number of nitrogens with one attached hydrogen (secondary N) is 2. The van der Waals surface area contributed by atoms with Gasteiger partial charge in [0.2, 0.25) is 5.91 Å². The van der Waals surface area contributed by atoms with Gasteiger partial charge in [0.1, 0.15) is 12.4 Å². The molecule has 1 amide bonds. The van der Waals surface area contributed by atoms with Crippen LogP contribution in [-0.4, -0.2) is 19.1 Å². The van der Waals surface area contributed by atoms with Crippen LogP contribution >= 0.6 is 0 Å². The Morgan fingerprint density at radius 3 is 2.87 bits per heavy atom. The number of hydrogen-bond donors (Lipinski definition) is 2. The summed E-state index contributed by atoms with van der Waals surface area (Å²) in [5.74, 6) is -0.686. The molecular weight excluding hydrogens is 295 g/mol. The summed E-state index contributed by atoms with van der Waals surface area (Å²) in [4.78, 5) is 11.9. The Balaban J connectivity index is 1.56. The predicted octanol–water partition coefficient (Wildman–Crippen LogP) is 2.63. The molecule has 0 atom stereocenters. The van der Waals surface area contributed by atoms with Crippen LogP contribution in [-0.2, 0) is 29.1 Å². The molecule has 0 aliphatic carbocycles. The van der Waals surface area contributed by atoms with Gasteiger partial charge >= 0.3 is 0 Å². The predicted molar refractivity (Wildman–Crippen MR) is 86.5 cm³/mol. The van der Waals surface area contributed by atoms with E-state index in [1.165, 1.54) is 0 Å². The van der Waals surface area contributed by atoms with Gasteiger partial charge in [-0.2, -0.15) is 0 Å². The summed E-state index contributed by atoms with van der Waals surface area (Å²) in [5.41, 5.74) is 2.85. The van der Waals surface area contributed by atoms with Crippen LogP contribution in [0.1, 0.15) is 16.7 Å². The van der Waals surface area contributed by atoms with E-state index in [1.807, 2.05) is 36.4 Å². The molecule has 3 rings (SSSR count). The molecule has 5 heteroatoms. The first-order valence-corrected chi connectivity index (χ1v) is 7.66. The van der Waals surface area contributed by atoms with Gasteiger partial charge in [0.25, 0.3) is 0 Å². The van der Waals surface area contributed by atoms with Crippen molar-refractivity contribution in [3.05, 3.63) is 65.0 Å². The largest absolute Gasteiger partial charge is 0.367 e. The summed E-state index contributed by atoms with van der Waals surface area (Å²) in [5, 5.41) is 5.79. The van der Waals surface area contributed by atoms with Crippen LogP contribution in [0.2, 0.25) is 0 Å². The highest BCUT2D eigenvalue weighted by molar-refractivity contribution is 5.92. The first kappa shape index (κ1) is 15.6. The number of carbonyl (C=O) groups excluding carboxylic acids is 1. The second-order valence-electron chi connectivity index (χ2n) is 5.52. The van der Waals surface area contributed by atoms with Crippen molar-refractivity contribution < 1.29 is 13.9 Å². The van der Waals surface area contributed by atoms with E-state index in [2.05, 4.69) is 10.6 Å². The molecule has 2 N–H and O–H groups in total. The highest BCUT2D eigenvalue weighted by atomic mass is 19.1. The van der Waals surface area contributed by atoms with E-state index in [1.54, 1.807) is 6.07 Å². The van der Waals surface area contributed by atoms with E-state index in [9.17, 15) is 9.18 Å². The van der Waals surface area contributed by atoms with Gasteiger partial charge in [-0.3, -0.25) is 4.79 Å². The minimum Gasteiger partial charge on any atom is -0.367 e. The summed E-state index contributed by atoms with van der Waals surface area (Å²) >= 11 is 0. The normalized spacial score (nSPS) is 13.4. The standard InChI is InChI=1S/C18H19FN2O2/c19-18-15-8-9-20-10-14(15)6-7-16(18)21-17(22)12-23-11-13-4-2-1-3-5-13/h1-7,20H,8-12H2,(H,21,22). The first-order chi connectivity index (χ1) is 11.2. The van der Waals surface area contributed by atoms with Crippen molar-refractivity contribution in [1.82, 2.24) is 5.32 Å². The second kappa shape index (κ2) is 7.35. The monoisotopic (exact) mass is 314 g/mol. The molecule has 0 aromatic heterocycles. The van der Waals surface area contributed by atoms with E-state index in [-0.39, 0.29) is 24.0 Å². The lowest BCUT2D eigenvalue weighted by Gasteiger charge is -2.19. The Bertz CT molecular complexity index is 689. The molecule has 0 saturated heterocycles. The molecule has 0 bridgehead atoms. The van der Waals surface area contributed by atoms with Crippen LogP contribution in [0.5, 0.6) is 0 Å². The summed E-state index contributed by atoms with van der Waals surface area (Å²) in [6, 6.07) is 13.1. The SMILES string of the molecule is O=C(COCc1ccccc1)Nc1ccc2c(c1F)CCNC2. The fourth-order valence-corrected chi connectivity index (χ4v) is 2.65. The lowest BCUT2D eigenvalue weighted by atomic mass is 9.99. The fraction of sp³-hybridized carbons (Fsp3) is 0.278. The number of rotatable bonds is 5. The van der Waals surface area contributed by atoms with Crippen molar-refractivity contribution in [2.24, 2.45) is 0 Å². The lowest BCUT2D eigenvalue weighted by molar-refractivity contribution is -0.121. The van der Waals surface area contributed by atoms with Crippen molar-refractivity contribution in [1.29, 1.82) is 0 Å². The third-order valence-electron chi connectivity index (χ3n) is 3.83. The highest BCUT2D eigenvalue weighted by Gasteiger charge is 2.17. The zero-order valence-electron chi connectivity index (χ0n) is 12.8. The number of benzene rings is 2. The van der Waals surface area contributed by atoms with Gasteiger partial charge in [0.15, 0.2) is 0 Å². The lowest BCUT2D eigenvalue weighted by Crippen LogP contribution is -2.25. The molecule has 1 aliphatic rings. The number of carbonyl (C=O) groups is 1. The number of halogens is 1. The van der Waals surface area contributed by atoms with Crippen molar-refractivity contribution in [3.8, 4) is 0 Å². The molecule has 0 spiro atoms. The third-order valence-corrected chi connectivity index (χ3v) is 3.83. The molecule has 0 unspecified atom stereocenters. The molecule has 0 radical (unpaired) electrons. The van der Waals surface area contributed by atoms with Crippen LogP contribution in [0.4, 0.5) is 10.1 Å². The topological polar surface area (TPSA) is 50.4 Å². The summed E-state index contributed by atoms with van der Waals surface area (Å²) in [7, 11) is 0. The Morgan fingerprint density at radius 2 is 2.04 bits per heavy atom. The number of amides is 1. The molecular formula is C18H19FN2O2. The fourth-order valence-electron chi connectivity index (χ4n) is 2.65. The molecule has 120 valence electrons. The third kappa shape index (κ3) is 3.94. The van der Waals surface area contributed by atoms with Crippen molar-refractivity contribution >= 4 is 11.6 Å². The number of anilines is 1. The number of ether oxygens (including phenoxy) is 1.